The van der Waals surface area contributed by atoms with Crippen LogP contribution in [0.1, 0.15) is 28.7 Å². The first-order valence-electron chi connectivity index (χ1n) is 10.9. The zero-order valence-corrected chi connectivity index (χ0v) is 19.4. The number of sulfonamides is 1. The van der Waals surface area contributed by atoms with Crippen LogP contribution in [-0.4, -0.2) is 52.6 Å². The van der Waals surface area contributed by atoms with Crippen LogP contribution in [0.25, 0.3) is 0 Å². The summed E-state index contributed by atoms with van der Waals surface area (Å²) >= 11 is 0. The first-order valence-corrected chi connectivity index (χ1v) is 12.4. The van der Waals surface area contributed by atoms with Gasteiger partial charge in [-0.15, -0.1) is 0 Å². The van der Waals surface area contributed by atoms with E-state index in [9.17, 15) is 26.0 Å². The minimum Gasteiger partial charge on any atom is -0.369 e. The van der Waals surface area contributed by atoms with Gasteiger partial charge in [0.2, 0.25) is 10.0 Å². The molecule has 1 heterocycles. The number of halogens is 4. The molecule has 0 amide bonds. The fourth-order valence-electron chi connectivity index (χ4n) is 4.66. The molecule has 0 unspecified atom stereocenters. The number of nitrogens with zero attached hydrogens (tertiary/aromatic N) is 2. The fourth-order valence-corrected chi connectivity index (χ4v) is 5.96. The van der Waals surface area contributed by atoms with E-state index < -0.39 is 38.5 Å². The summed E-state index contributed by atoms with van der Waals surface area (Å²) in [5.74, 6) is -1.50. The molecule has 0 spiro atoms. The monoisotopic (exact) mass is 485 g/mol. The highest BCUT2D eigenvalue weighted by Gasteiger charge is 2.36. The lowest BCUT2D eigenvalue weighted by molar-refractivity contribution is -0.140. The van der Waals surface area contributed by atoms with Gasteiger partial charge >= 0.3 is 6.18 Å². The number of anilines is 1. The predicted molar refractivity (Wildman–Crippen MR) is 118 cm³/mol. The summed E-state index contributed by atoms with van der Waals surface area (Å²) < 4.78 is 81.1. The average Bonchev–Trinajstić information content (AvgIpc) is 2.74. The highest BCUT2D eigenvalue weighted by atomic mass is 32.2. The first kappa shape index (κ1) is 24.0. The molecule has 33 heavy (non-hydrogen) atoms. The molecule has 2 aliphatic rings. The minimum absolute atomic E-state index is 0.355. The zero-order valence-electron chi connectivity index (χ0n) is 18.5. The Bertz CT molecular complexity index is 1140. The van der Waals surface area contributed by atoms with Crippen molar-refractivity contribution in [3.63, 3.8) is 0 Å². The molecular weight excluding hydrogens is 458 g/mol. The summed E-state index contributed by atoms with van der Waals surface area (Å²) in [5.41, 5.74) is 2.95. The van der Waals surface area contributed by atoms with E-state index >= 15 is 0 Å². The molecule has 5 nitrogen and oxygen atoms in total. The Morgan fingerprint density at radius 2 is 1.73 bits per heavy atom. The topological polar surface area (TPSA) is 52.6 Å². The molecule has 1 fully saturated rings. The summed E-state index contributed by atoms with van der Waals surface area (Å²) in [4.78, 5) is 3.97. The van der Waals surface area contributed by atoms with E-state index in [-0.39, 0.29) is 0 Å². The summed E-state index contributed by atoms with van der Waals surface area (Å²) in [6, 6.07) is 5.47. The largest absolute Gasteiger partial charge is 0.419 e. The number of rotatable bonds is 4. The number of aryl methyl sites for hydroxylation is 1. The number of piperazine rings is 1. The van der Waals surface area contributed by atoms with E-state index in [0.29, 0.717) is 31.4 Å². The van der Waals surface area contributed by atoms with Crippen LogP contribution in [-0.2, 0) is 29.0 Å². The van der Waals surface area contributed by atoms with Gasteiger partial charge in [-0.05, 0) is 74.2 Å². The molecule has 4 rings (SSSR count). The molecule has 0 saturated carbocycles. The van der Waals surface area contributed by atoms with Gasteiger partial charge in [-0.3, -0.25) is 0 Å². The third kappa shape index (κ3) is 5.02. The lowest BCUT2D eigenvalue weighted by Crippen LogP contribution is -2.45. The standard InChI is InChI=1S/C23H27F4N3O2S/c1-15-3-8-22(30-11-9-29(2)10-12-30)19-13-16(4-6-18(15)19)28-33(31,32)17-5-7-21(24)20(14-17)23(25,26)27/h3,5,7-8,14,16,28H,4,6,9-13H2,1-2H3/t16-/m1/s1. The number of alkyl halides is 3. The number of benzene rings is 2. The molecule has 2 aromatic carbocycles. The maximum Gasteiger partial charge on any atom is 0.419 e. The van der Waals surface area contributed by atoms with Gasteiger partial charge in [0, 0.05) is 37.9 Å². The van der Waals surface area contributed by atoms with Gasteiger partial charge in [-0.2, -0.15) is 13.2 Å². The van der Waals surface area contributed by atoms with E-state index in [1.165, 1.54) is 5.56 Å². The van der Waals surface area contributed by atoms with Crippen LogP contribution in [0.3, 0.4) is 0 Å². The van der Waals surface area contributed by atoms with E-state index in [1.807, 2.05) is 6.92 Å². The van der Waals surface area contributed by atoms with Crippen molar-refractivity contribution in [2.24, 2.45) is 0 Å². The summed E-state index contributed by atoms with van der Waals surface area (Å²) in [5, 5.41) is 0. The molecule has 1 saturated heterocycles. The Morgan fingerprint density at radius 3 is 2.39 bits per heavy atom. The van der Waals surface area contributed by atoms with Gasteiger partial charge in [-0.1, -0.05) is 6.07 Å². The minimum atomic E-state index is -4.98. The Kier molecular flexibility index (Phi) is 6.45. The number of hydrogen-bond donors (Lipinski definition) is 1. The van der Waals surface area contributed by atoms with Gasteiger partial charge in [0.15, 0.2) is 0 Å². The van der Waals surface area contributed by atoms with Crippen molar-refractivity contribution in [1.82, 2.24) is 9.62 Å². The predicted octanol–water partition coefficient (Wildman–Crippen LogP) is 3.74. The second-order valence-corrected chi connectivity index (χ2v) is 10.6. The molecule has 0 aromatic heterocycles. The molecule has 180 valence electrons. The van der Waals surface area contributed by atoms with Crippen molar-refractivity contribution >= 4 is 15.7 Å². The van der Waals surface area contributed by atoms with Crippen LogP contribution in [0, 0.1) is 12.7 Å². The van der Waals surface area contributed by atoms with E-state index in [0.717, 1.165) is 49.1 Å². The second kappa shape index (κ2) is 8.88. The third-order valence-electron chi connectivity index (χ3n) is 6.55. The van der Waals surface area contributed by atoms with Gasteiger partial charge in [0.05, 0.1) is 10.5 Å². The van der Waals surface area contributed by atoms with Crippen LogP contribution < -0.4 is 9.62 Å². The molecule has 1 aliphatic heterocycles. The van der Waals surface area contributed by atoms with Crippen molar-refractivity contribution in [2.45, 2.75) is 43.3 Å². The van der Waals surface area contributed by atoms with E-state index in [2.05, 4.69) is 33.7 Å². The third-order valence-corrected chi connectivity index (χ3v) is 8.07. The van der Waals surface area contributed by atoms with Crippen molar-refractivity contribution in [3.05, 3.63) is 58.4 Å². The van der Waals surface area contributed by atoms with Crippen molar-refractivity contribution in [1.29, 1.82) is 0 Å². The molecule has 0 radical (unpaired) electrons. The van der Waals surface area contributed by atoms with Gasteiger partial charge < -0.3 is 9.80 Å². The van der Waals surface area contributed by atoms with E-state index in [4.69, 9.17) is 0 Å². The van der Waals surface area contributed by atoms with E-state index in [1.54, 1.807) is 0 Å². The number of hydrogen-bond acceptors (Lipinski definition) is 4. The van der Waals surface area contributed by atoms with Gasteiger partial charge in [0.1, 0.15) is 5.82 Å². The molecule has 1 N–H and O–H groups in total. The number of fused-ring (bicyclic) bond motifs is 1. The molecular formula is C23H27F4N3O2S. The number of nitrogens with one attached hydrogen (secondary N) is 1. The zero-order chi connectivity index (χ0) is 24.0. The van der Waals surface area contributed by atoms with Gasteiger partial charge in [-0.25, -0.2) is 17.5 Å². The Hall–Kier alpha value is -2.17. The van der Waals surface area contributed by atoms with Crippen molar-refractivity contribution in [3.8, 4) is 0 Å². The maximum atomic E-state index is 13.6. The second-order valence-electron chi connectivity index (χ2n) is 8.85. The molecule has 1 aliphatic carbocycles. The first-order chi connectivity index (χ1) is 15.5. The van der Waals surface area contributed by atoms with Crippen LogP contribution in [0.15, 0.2) is 35.2 Å². The quantitative estimate of drug-likeness (QED) is 0.671. The van der Waals surface area contributed by atoms with Crippen LogP contribution >= 0.6 is 0 Å². The molecule has 0 bridgehead atoms. The molecule has 2 aromatic rings. The lowest BCUT2D eigenvalue weighted by atomic mass is 9.84. The molecule has 1 atom stereocenters. The Morgan fingerprint density at radius 1 is 1.03 bits per heavy atom. The Balaban J connectivity index is 1.59. The molecule has 10 heteroatoms. The summed E-state index contributed by atoms with van der Waals surface area (Å²) in [6.07, 6.45) is -3.32. The van der Waals surface area contributed by atoms with Crippen LogP contribution in [0.4, 0.5) is 23.2 Å². The summed E-state index contributed by atoms with van der Waals surface area (Å²) in [7, 11) is -2.18. The fraction of sp³-hybridized carbons (Fsp3) is 0.478. The lowest BCUT2D eigenvalue weighted by Gasteiger charge is -2.37. The van der Waals surface area contributed by atoms with Crippen LogP contribution in [0.5, 0.6) is 0 Å². The average molecular weight is 486 g/mol. The smallest absolute Gasteiger partial charge is 0.369 e. The maximum absolute atomic E-state index is 13.6. The SMILES string of the molecule is Cc1ccc(N2CCN(C)CC2)c2c1CC[C@@H](NS(=O)(=O)c1ccc(F)c(C(F)(F)F)c1)C2. The Labute approximate surface area is 191 Å². The highest BCUT2D eigenvalue weighted by molar-refractivity contribution is 7.89. The van der Waals surface area contributed by atoms with Crippen molar-refractivity contribution < 1.29 is 26.0 Å². The van der Waals surface area contributed by atoms with Crippen LogP contribution in [0.2, 0.25) is 0 Å². The highest BCUT2D eigenvalue weighted by Crippen LogP contribution is 2.35. The summed E-state index contributed by atoms with van der Waals surface area (Å²) in [6.45, 7) is 5.65. The number of likely N-dealkylation sites (N-methyl/N-ethyl adjacent to an activating group) is 1. The van der Waals surface area contributed by atoms with Crippen molar-refractivity contribution in [2.75, 3.05) is 38.1 Å². The van der Waals surface area contributed by atoms with Gasteiger partial charge in [0.25, 0.3) is 0 Å². The normalized spacial score (nSPS) is 20.1.